The van der Waals surface area contributed by atoms with Crippen LogP contribution in [0.25, 0.3) is 0 Å². The lowest BCUT2D eigenvalue weighted by molar-refractivity contribution is 0.253. The summed E-state index contributed by atoms with van der Waals surface area (Å²) in [7, 11) is 0. The lowest BCUT2D eigenvalue weighted by Gasteiger charge is -2.32. The van der Waals surface area contributed by atoms with Gasteiger partial charge in [0.2, 0.25) is 0 Å². The van der Waals surface area contributed by atoms with E-state index in [9.17, 15) is 0 Å². The highest BCUT2D eigenvalue weighted by Gasteiger charge is 2.44. The lowest BCUT2D eigenvalue weighted by atomic mass is 9.79. The Kier molecular flexibility index (Phi) is 3.48. The molecule has 1 aromatic heterocycles. The highest BCUT2D eigenvalue weighted by molar-refractivity contribution is 5.46. The quantitative estimate of drug-likeness (QED) is 0.873. The van der Waals surface area contributed by atoms with E-state index in [-0.39, 0.29) is 0 Å². The van der Waals surface area contributed by atoms with Crippen molar-refractivity contribution in [1.29, 1.82) is 0 Å². The second kappa shape index (κ2) is 5.12. The van der Waals surface area contributed by atoms with Crippen LogP contribution in [0.1, 0.15) is 49.8 Å². The number of aromatic nitrogens is 1. The lowest BCUT2D eigenvalue weighted by Crippen LogP contribution is -2.32. The summed E-state index contributed by atoms with van der Waals surface area (Å²) in [6, 6.07) is 2.48. The van der Waals surface area contributed by atoms with Crippen LogP contribution < -0.4 is 11.1 Å². The van der Waals surface area contributed by atoms with E-state index in [0.717, 1.165) is 24.3 Å². The number of aryl methyl sites for hydroxylation is 1. The zero-order valence-electron chi connectivity index (χ0n) is 12.0. The first-order valence-electron chi connectivity index (χ1n) is 7.65. The maximum atomic E-state index is 6.17. The van der Waals surface area contributed by atoms with Crippen molar-refractivity contribution >= 4 is 5.82 Å². The minimum absolute atomic E-state index is 0.397. The Hall–Kier alpha value is -1.09. The Morgan fingerprint density at radius 3 is 2.84 bits per heavy atom. The number of nitrogens with zero attached hydrogens (tertiary/aromatic N) is 1. The zero-order valence-corrected chi connectivity index (χ0v) is 12.0. The third-order valence-corrected chi connectivity index (χ3v) is 5.19. The average Bonchev–Trinajstić information content (AvgIpc) is 2.99. The van der Waals surface area contributed by atoms with E-state index in [4.69, 9.17) is 5.73 Å². The second-order valence-corrected chi connectivity index (χ2v) is 6.30. The van der Waals surface area contributed by atoms with Gasteiger partial charge in [0.1, 0.15) is 5.82 Å². The molecule has 0 radical (unpaired) electrons. The normalized spacial score (nSPS) is 30.7. The van der Waals surface area contributed by atoms with Crippen molar-refractivity contribution in [2.75, 3.05) is 12.3 Å². The monoisotopic (exact) mass is 259 g/mol. The number of nitrogens with two attached hydrogens (primary N) is 1. The maximum absolute atomic E-state index is 6.17. The molecule has 4 unspecified atom stereocenters. The van der Waals surface area contributed by atoms with Gasteiger partial charge in [0, 0.05) is 17.8 Å². The molecule has 0 spiro atoms. The summed E-state index contributed by atoms with van der Waals surface area (Å²) in [6.07, 6.45) is 7.48. The van der Waals surface area contributed by atoms with Crippen molar-refractivity contribution in [2.45, 2.75) is 45.6 Å². The van der Waals surface area contributed by atoms with Crippen molar-refractivity contribution in [1.82, 2.24) is 10.3 Å². The van der Waals surface area contributed by atoms with Crippen LogP contribution in [0.5, 0.6) is 0 Å². The Labute approximate surface area is 116 Å². The predicted molar refractivity (Wildman–Crippen MR) is 78.7 cm³/mol. The minimum Gasteiger partial charge on any atom is -0.383 e. The van der Waals surface area contributed by atoms with E-state index in [0.29, 0.717) is 11.9 Å². The van der Waals surface area contributed by atoms with Gasteiger partial charge in [-0.05, 0) is 62.1 Å². The third-order valence-electron chi connectivity index (χ3n) is 5.19. The van der Waals surface area contributed by atoms with E-state index in [1.807, 2.05) is 6.20 Å². The van der Waals surface area contributed by atoms with E-state index in [1.165, 1.54) is 36.8 Å². The summed E-state index contributed by atoms with van der Waals surface area (Å²) in [4.78, 5) is 4.31. The van der Waals surface area contributed by atoms with Gasteiger partial charge in [0.15, 0.2) is 0 Å². The van der Waals surface area contributed by atoms with Gasteiger partial charge in [-0.2, -0.15) is 0 Å². The number of pyridine rings is 1. The van der Waals surface area contributed by atoms with Crippen LogP contribution in [-0.2, 0) is 0 Å². The number of hydrogen-bond acceptors (Lipinski definition) is 3. The highest BCUT2D eigenvalue weighted by atomic mass is 14.9. The molecule has 3 N–H and O–H groups in total. The van der Waals surface area contributed by atoms with Crippen LogP contribution in [0, 0.1) is 24.7 Å². The molecule has 2 bridgehead atoms. The molecule has 2 aliphatic carbocycles. The van der Waals surface area contributed by atoms with Crippen LogP contribution in [0.2, 0.25) is 0 Å². The van der Waals surface area contributed by atoms with Gasteiger partial charge in [-0.1, -0.05) is 13.3 Å². The van der Waals surface area contributed by atoms with Gasteiger partial charge in [-0.25, -0.2) is 4.98 Å². The number of anilines is 1. The third kappa shape index (κ3) is 2.25. The molecule has 2 fully saturated rings. The molecule has 19 heavy (non-hydrogen) atoms. The van der Waals surface area contributed by atoms with E-state index in [1.54, 1.807) is 0 Å². The molecule has 3 rings (SSSR count). The van der Waals surface area contributed by atoms with Crippen molar-refractivity contribution in [2.24, 2.45) is 17.8 Å². The predicted octanol–water partition coefficient (Wildman–Crippen LogP) is 3.06. The first-order valence-corrected chi connectivity index (χ1v) is 7.65. The molecule has 0 saturated heterocycles. The molecular formula is C16H25N3. The fraction of sp³-hybridized carbons (Fsp3) is 0.688. The Balaban J connectivity index is 1.92. The summed E-state index contributed by atoms with van der Waals surface area (Å²) >= 11 is 0. The summed E-state index contributed by atoms with van der Waals surface area (Å²) in [6.45, 7) is 5.33. The molecule has 2 aliphatic rings. The van der Waals surface area contributed by atoms with E-state index in [2.05, 4.69) is 30.2 Å². The number of fused-ring (bicyclic) bond motifs is 2. The first-order chi connectivity index (χ1) is 9.20. The number of nitrogen functional groups attached to an aromatic ring is 1. The molecule has 3 nitrogen and oxygen atoms in total. The van der Waals surface area contributed by atoms with Crippen LogP contribution in [0.15, 0.2) is 12.3 Å². The Morgan fingerprint density at radius 2 is 2.26 bits per heavy atom. The minimum atomic E-state index is 0.397. The molecule has 0 aromatic carbocycles. The van der Waals surface area contributed by atoms with Crippen molar-refractivity contribution in [3.8, 4) is 0 Å². The molecule has 0 aliphatic heterocycles. The molecular weight excluding hydrogens is 234 g/mol. The molecule has 4 atom stereocenters. The molecule has 3 heteroatoms. The van der Waals surface area contributed by atoms with Gasteiger partial charge in [0.25, 0.3) is 0 Å². The molecule has 1 heterocycles. The van der Waals surface area contributed by atoms with Gasteiger partial charge in [-0.3, -0.25) is 0 Å². The fourth-order valence-electron chi connectivity index (χ4n) is 4.38. The first kappa shape index (κ1) is 12.9. The highest BCUT2D eigenvalue weighted by Crippen LogP contribution is 2.53. The largest absolute Gasteiger partial charge is 0.383 e. The standard InChI is InChI=1S/C16H25N3/c1-3-18-15(13-9-11-4-5-12(13)8-11)14-10(2)6-7-19-16(14)17/h6-7,11-13,15,18H,3-5,8-9H2,1-2H3,(H2,17,19). The molecule has 2 saturated carbocycles. The molecule has 104 valence electrons. The zero-order chi connectivity index (χ0) is 13.4. The van der Waals surface area contributed by atoms with Gasteiger partial charge in [0.05, 0.1) is 0 Å². The summed E-state index contributed by atoms with van der Waals surface area (Å²) in [5.41, 5.74) is 8.70. The van der Waals surface area contributed by atoms with Crippen molar-refractivity contribution < 1.29 is 0 Å². The molecule has 0 amide bonds. The van der Waals surface area contributed by atoms with Gasteiger partial charge < -0.3 is 11.1 Å². The van der Waals surface area contributed by atoms with E-state index >= 15 is 0 Å². The van der Waals surface area contributed by atoms with Crippen LogP contribution in [-0.4, -0.2) is 11.5 Å². The maximum Gasteiger partial charge on any atom is 0.128 e. The van der Waals surface area contributed by atoms with Gasteiger partial charge >= 0.3 is 0 Å². The van der Waals surface area contributed by atoms with Crippen molar-refractivity contribution in [3.05, 3.63) is 23.4 Å². The summed E-state index contributed by atoms with van der Waals surface area (Å²) in [5, 5.41) is 3.69. The summed E-state index contributed by atoms with van der Waals surface area (Å²) in [5.74, 6) is 3.33. The molecule has 1 aromatic rings. The van der Waals surface area contributed by atoms with Crippen LogP contribution in [0.4, 0.5) is 5.82 Å². The number of hydrogen-bond donors (Lipinski definition) is 2. The van der Waals surface area contributed by atoms with Crippen molar-refractivity contribution in [3.63, 3.8) is 0 Å². The van der Waals surface area contributed by atoms with Crippen LogP contribution in [0.3, 0.4) is 0 Å². The fourth-order valence-corrected chi connectivity index (χ4v) is 4.38. The number of rotatable bonds is 4. The Morgan fingerprint density at radius 1 is 1.42 bits per heavy atom. The number of nitrogens with one attached hydrogen (secondary N) is 1. The second-order valence-electron chi connectivity index (χ2n) is 6.30. The Bertz CT molecular complexity index is 437. The topological polar surface area (TPSA) is 50.9 Å². The van der Waals surface area contributed by atoms with E-state index < -0.39 is 0 Å². The average molecular weight is 259 g/mol. The van der Waals surface area contributed by atoms with Gasteiger partial charge in [-0.15, -0.1) is 0 Å². The van der Waals surface area contributed by atoms with Crippen LogP contribution >= 0.6 is 0 Å². The SMILES string of the molecule is CCNC(c1c(C)ccnc1N)C1CC2CCC1C2. The smallest absolute Gasteiger partial charge is 0.128 e. The summed E-state index contributed by atoms with van der Waals surface area (Å²) < 4.78 is 0.